The topological polar surface area (TPSA) is 93.2 Å². The molecule has 172 valence electrons. The molecule has 2 fully saturated rings. The average Bonchev–Trinajstić information content (AvgIpc) is 3.60. The molecule has 2 aliphatic rings. The van der Waals surface area contributed by atoms with Gasteiger partial charge in [0.05, 0.1) is 11.4 Å². The number of nitrogens with zero attached hydrogens (tertiary/aromatic N) is 6. The van der Waals surface area contributed by atoms with Crippen LogP contribution in [0.4, 0.5) is 5.82 Å². The van der Waals surface area contributed by atoms with Crippen molar-refractivity contribution < 1.29 is 4.79 Å². The Morgan fingerprint density at radius 2 is 1.91 bits per heavy atom. The van der Waals surface area contributed by atoms with Crippen LogP contribution in [0.5, 0.6) is 0 Å². The number of anilines is 1. The molecule has 0 radical (unpaired) electrons. The second-order valence-corrected chi connectivity index (χ2v) is 9.32. The fourth-order valence-electron chi connectivity index (χ4n) is 4.48. The van der Waals surface area contributed by atoms with Crippen LogP contribution in [0.1, 0.15) is 31.7 Å². The van der Waals surface area contributed by atoms with Gasteiger partial charge in [-0.05, 0) is 44.9 Å². The van der Waals surface area contributed by atoms with Crippen molar-refractivity contribution in [2.75, 3.05) is 32.4 Å². The highest BCUT2D eigenvalue weighted by molar-refractivity contribution is 6.30. The van der Waals surface area contributed by atoms with Crippen molar-refractivity contribution in [2.45, 2.75) is 37.8 Å². The summed E-state index contributed by atoms with van der Waals surface area (Å²) in [5, 5.41) is 6.32. The van der Waals surface area contributed by atoms with Gasteiger partial charge in [0, 0.05) is 42.3 Å². The first-order valence-corrected chi connectivity index (χ1v) is 11.8. The number of likely N-dealkylation sites (N-methyl/N-ethyl adjacent to an activating group) is 1. The summed E-state index contributed by atoms with van der Waals surface area (Å²) >= 11 is 6.06. The molecule has 2 aromatic heterocycles. The van der Waals surface area contributed by atoms with E-state index in [-0.39, 0.29) is 11.9 Å². The van der Waals surface area contributed by atoms with Crippen LogP contribution in [-0.2, 0) is 4.79 Å². The molecule has 0 unspecified atom stereocenters. The van der Waals surface area contributed by atoms with Crippen LogP contribution in [0.2, 0.25) is 5.02 Å². The molecular weight excluding hydrogens is 438 g/mol. The second-order valence-electron chi connectivity index (χ2n) is 8.89. The van der Waals surface area contributed by atoms with Crippen LogP contribution >= 0.6 is 11.6 Å². The summed E-state index contributed by atoms with van der Waals surface area (Å²) in [5.41, 5.74) is 8.61. The zero-order valence-corrected chi connectivity index (χ0v) is 19.4. The Bertz CT molecular complexity index is 1180. The van der Waals surface area contributed by atoms with Gasteiger partial charge < -0.3 is 10.6 Å². The quantitative estimate of drug-likeness (QED) is 0.559. The third-order valence-corrected chi connectivity index (χ3v) is 6.83. The number of nitrogen functional groups attached to an aromatic ring is 1. The predicted molar refractivity (Wildman–Crippen MR) is 130 cm³/mol. The molecule has 1 amide bonds. The zero-order chi connectivity index (χ0) is 22.9. The van der Waals surface area contributed by atoms with E-state index in [4.69, 9.17) is 22.4 Å². The van der Waals surface area contributed by atoms with Gasteiger partial charge in [0.25, 0.3) is 0 Å². The van der Waals surface area contributed by atoms with Crippen molar-refractivity contribution >= 4 is 34.4 Å². The number of fused-ring (bicyclic) bond motifs is 1. The molecule has 1 aliphatic heterocycles. The van der Waals surface area contributed by atoms with Crippen molar-refractivity contribution in [1.29, 1.82) is 0 Å². The average molecular weight is 466 g/mol. The molecule has 5 rings (SSSR count). The Morgan fingerprint density at radius 3 is 2.61 bits per heavy atom. The molecular formula is C24H28ClN7O. The summed E-state index contributed by atoms with van der Waals surface area (Å²) < 4.78 is 1.96. The molecule has 1 aromatic carbocycles. The van der Waals surface area contributed by atoms with Gasteiger partial charge in [-0.15, -0.1) is 0 Å². The molecule has 33 heavy (non-hydrogen) atoms. The largest absolute Gasteiger partial charge is 0.383 e. The summed E-state index contributed by atoms with van der Waals surface area (Å²) in [6, 6.07) is 8.35. The number of carbonyl (C=O) groups excluding carboxylic acids is 1. The molecule has 3 aromatic rings. The van der Waals surface area contributed by atoms with Crippen LogP contribution < -0.4 is 5.73 Å². The smallest absolute Gasteiger partial charge is 0.246 e. The third-order valence-electron chi connectivity index (χ3n) is 6.58. The lowest BCUT2D eigenvalue weighted by Crippen LogP contribution is -2.38. The zero-order valence-electron chi connectivity index (χ0n) is 18.7. The van der Waals surface area contributed by atoms with E-state index >= 15 is 0 Å². The molecule has 1 saturated carbocycles. The first-order valence-electron chi connectivity index (χ1n) is 11.4. The van der Waals surface area contributed by atoms with Gasteiger partial charge >= 0.3 is 0 Å². The minimum Gasteiger partial charge on any atom is -0.383 e. The van der Waals surface area contributed by atoms with Crippen LogP contribution in [0.3, 0.4) is 0 Å². The minimum absolute atomic E-state index is 0.0800. The van der Waals surface area contributed by atoms with Gasteiger partial charge in [0.2, 0.25) is 5.91 Å². The molecule has 1 aliphatic carbocycles. The number of likely N-dealkylation sites (tertiary alicyclic amines) is 1. The summed E-state index contributed by atoms with van der Waals surface area (Å²) in [6.45, 7) is 2.19. The van der Waals surface area contributed by atoms with Crippen LogP contribution in [-0.4, -0.2) is 68.2 Å². The lowest BCUT2D eigenvalue weighted by atomic mass is 10.1. The van der Waals surface area contributed by atoms with Crippen molar-refractivity contribution in [3.05, 3.63) is 47.8 Å². The van der Waals surface area contributed by atoms with Crippen LogP contribution in [0, 0.1) is 0 Å². The van der Waals surface area contributed by atoms with E-state index in [1.54, 1.807) is 6.08 Å². The highest BCUT2D eigenvalue weighted by Crippen LogP contribution is 2.34. The van der Waals surface area contributed by atoms with Crippen molar-refractivity contribution in [2.24, 2.45) is 0 Å². The van der Waals surface area contributed by atoms with E-state index in [1.165, 1.54) is 19.2 Å². The number of piperidine rings is 1. The molecule has 9 heteroatoms. The highest BCUT2D eigenvalue weighted by Gasteiger charge is 2.28. The maximum Gasteiger partial charge on any atom is 0.246 e. The van der Waals surface area contributed by atoms with Crippen molar-refractivity contribution in [3.63, 3.8) is 0 Å². The van der Waals surface area contributed by atoms with Gasteiger partial charge in [-0.3, -0.25) is 9.69 Å². The van der Waals surface area contributed by atoms with E-state index < -0.39 is 0 Å². The molecule has 3 heterocycles. The Hall–Kier alpha value is -2.97. The fourth-order valence-corrected chi connectivity index (χ4v) is 4.61. The number of nitrogens with two attached hydrogens (primary N) is 1. The van der Waals surface area contributed by atoms with Gasteiger partial charge in [-0.2, -0.15) is 5.10 Å². The molecule has 0 atom stereocenters. The third kappa shape index (κ3) is 4.58. The predicted octanol–water partition coefficient (Wildman–Crippen LogP) is 3.54. The molecule has 2 N–H and O–H groups in total. The number of benzene rings is 1. The fraction of sp³-hybridized carbons (Fsp3) is 0.417. The number of hydrogen-bond donors (Lipinski definition) is 1. The summed E-state index contributed by atoms with van der Waals surface area (Å²) in [7, 11) is 2.11. The maximum atomic E-state index is 12.6. The first kappa shape index (κ1) is 21.9. The number of carbonyl (C=O) groups is 1. The van der Waals surface area contributed by atoms with Gasteiger partial charge in [0.15, 0.2) is 5.65 Å². The lowest BCUT2D eigenvalue weighted by Gasteiger charge is -2.31. The second kappa shape index (κ2) is 9.11. The Balaban J connectivity index is 1.31. The first-order chi connectivity index (χ1) is 16.0. The van der Waals surface area contributed by atoms with E-state index in [0.717, 1.165) is 41.7 Å². The number of halogens is 1. The summed E-state index contributed by atoms with van der Waals surface area (Å²) in [4.78, 5) is 25.5. The molecule has 0 bridgehead atoms. The highest BCUT2D eigenvalue weighted by atomic mass is 35.5. The van der Waals surface area contributed by atoms with Crippen molar-refractivity contribution in [3.8, 4) is 11.3 Å². The minimum atomic E-state index is 0.0800. The van der Waals surface area contributed by atoms with Gasteiger partial charge in [0.1, 0.15) is 17.8 Å². The molecule has 1 saturated heterocycles. The maximum absolute atomic E-state index is 12.6. The van der Waals surface area contributed by atoms with E-state index in [0.29, 0.717) is 30.0 Å². The van der Waals surface area contributed by atoms with Crippen LogP contribution in [0.25, 0.3) is 22.3 Å². The monoisotopic (exact) mass is 465 g/mol. The molecule has 0 spiro atoms. The van der Waals surface area contributed by atoms with Gasteiger partial charge in [-0.25, -0.2) is 14.6 Å². The Morgan fingerprint density at radius 1 is 1.18 bits per heavy atom. The van der Waals surface area contributed by atoms with Gasteiger partial charge in [-0.1, -0.05) is 29.8 Å². The normalized spacial score (nSPS) is 17.5. The number of aromatic nitrogens is 4. The lowest BCUT2D eigenvalue weighted by molar-refractivity contribution is -0.127. The van der Waals surface area contributed by atoms with E-state index in [1.807, 2.05) is 39.9 Å². The van der Waals surface area contributed by atoms with E-state index in [9.17, 15) is 4.79 Å². The summed E-state index contributed by atoms with van der Waals surface area (Å²) in [6.07, 6.45) is 9.32. The standard InChI is InChI=1S/C24H28ClN7O/c1-30(18-8-9-18)12-2-3-20(33)31-13-10-19(11-14-31)32-24-21(23(26)27-15-28-24)22(29-32)16-4-6-17(25)7-5-16/h2-7,15,18-19H,8-14H2,1H3,(H2,26,27,28)/b3-2+. The van der Waals surface area contributed by atoms with Crippen molar-refractivity contribution in [1.82, 2.24) is 29.5 Å². The summed E-state index contributed by atoms with van der Waals surface area (Å²) in [5.74, 6) is 0.488. The van der Waals surface area contributed by atoms with E-state index in [2.05, 4.69) is 21.9 Å². The number of hydrogen-bond acceptors (Lipinski definition) is 6. The SMILES string of the molecule is CN(C/C=C/C(=O)N1CCC(n2nc(-c3ccc(Cl)cc3)c3c(N)ncnc32)CC1)C1CC1. The molecule has 8 nitrogen and oxygen atoms in total. The Kier molecular flexibility index (Phi) is 6.03. The Labute approximate surface area is 198 Å². The number of amides is 1. The number of rotatable bonds is 6. The van der Waals surface area contributed by atoms with Crippen LogP contribution in [0.15, 0.2) is 42.7 Å².